The zero-order valence-corrected chi connectivity index (χ0v) is 13.1. The van der Waals surface area contributed by atoms with Crippen LogP contribution in [0.4, 0.5) is 0 Å². The first-order chi connectivity index (χ1) is 7.88. The van der Waals surface area contributed by atoms with Crippen LogP contribution in [0.25, 0.3) is 0 Å². The van der Waals surface area contributed by atoms with Crippen molar-refractivity contribution in [2.75, 3.05) is 7.11 Å². The van der Waals surface area contributed by atoms with Gasteiger partial charge >= 0.3 is 5.97 Å². The average molecular weight is 317 g/mol. The van der Waals surface area contributed by atoms with Gasteiger partial charge in [0.05, 0.1) is 0 Å². The highest BCUT2D eigenvalue weighted by molar-refractivity contribution is 9.10. The highest BCUT2D eigenvalue weighted by Crippen LogP contribution is 2.16. The number of ether oxygens (including phenoxy) is 1. The third-order valence-corrected chi connectivity index (χ3v) is 5.69. The van der Waals surface area contributed by atoms with Gasteiger partial charge in [0, 0.05) is 12.3 Å². The van der Waals surface area contributed by atoms with E-state index >= 15 is 0 Å². The van der Waals surface area contributed by atoms with Crippen LogP contribution >= 0.6 is 15.9 Å². The molecule has 0 saturated heterocycles. The van der Waals surface area contributed by atoms with Gasteiger partial charge < -0.3 is 9.16 Å². The number of carbonyl (C=O) groups is 1. The average Bonchev–Trinajstić information content (AvgIpc) is 2.29. The van der Waals surface area contributed by atoms with E-state index in [1.54, 1.807) is 20.1 Å². The van der Waals surface area contributed by atoms with Crippen LogP contribution < -0.4 is 9.92 Å². The lowest BCUT2D eigenvalue weighted by atomic mass is 10.3. The third kappa shape index (κ3) is 3.66. The molecule has 1 rings (SSSR count). The van der Waals surface area contributed by atoms with E-state index in [0.717, 1.165) is 5.19 Å². The van der Waals surface area contributed by atoms with Gasteiger partial charge in [0.15, 0.2) is 0 Å². The molecular formula is C12H17BrO3Si. The highest BCUT2D eigenvalue weighted by atomic mass is 79.9. The van der Waals surface area contributed by atoms with Gasteiger partial charge in [-0.15, -0.1) is 0 Å². The molecule has 1 atom stereocenters. The van der Waals surface area contributed by atoms with Crippen molar-refractivity contribution in [1.29, 1.82) is 0 Å². The second-order valence-electron chi connectivity index (χ2n) is 4.25. The van der Waals surface area contributed by atoms with Gasteiger partial charge in [-0.05, 0) is 26.1 Å². The second-order valence-corrected chi connectivity index (χ2v) is 9.59. The Bertz CT molecular complexity index is 404. The molecule has 0 bridgehead atoms. The Morgan fingerprint density at radius 1 is 1.35 bits per heavy atom. The molecule has 94 valence electrons. The summed E-state index contributed by atoms with van der Waals surface area (Å²) in [6.45, 7) is 5.87. The van der Waals surface area contributed by atoms with Crippen LogP contribution in [0.2, 0.25) is 13.1 Å². The summed E-state index contributed by atoms with van der Waals surface area (Å²) in [6.07, 6.45) is 0. The van der Waals surface area contributed by atoms with Crippen molar-refractivity contribution < 1.29 is 14.0 Å². The first-order valence-corrected chi connectivity index (χ1v) is 9.21. The van der Waals surface area contributed by atoms with Crippen LogP contribution in [0.5, 0.6) is 5.75 Å². The first kappa shape index (κ1) is 14.4. The van der Waals surface area contributed by atoms with Crippen molar-refractivity contribution in [2.45, 2.75) is 24.8 Å². The molecule has 5 heteroatoms. The lowest BCUT2D eigenvalue weighted by Gasteiger charge is -2.23. The van der Waals surface area contributed by atoms with Crippen molar-refractivity contribution in [2.24, 2.45) is 0 Å². The Morgan fingerprint density at radius 2 is 1.94 bits per heavy atom. The maximum Gasteiger partial charge on any atom is 0.324 e. The maximum atomic E-state index is 11.6. The van der Waals surface area contributed by atoms with Crippen molar-refractivity contribution >= 4 is 35.4 Å². The van der Waals surface area contributed by atoms with Crippen LogP contribution in [0.3, 0.4) is 0 Å². The summed E-state index contributed by atoms with van der Waals surface area (Å²) in [7, 11) is -0.300. The molecule has 0 N–H and O–H groups in total. The predicted octanol–water partition coefficient (Wildman–Crippen LogP) is 2.43. The number of para-hydroxylation sites is 1. The van der Waals surface area contributed by atoms with E-state index in [2.05, 4.69) is 29.0 Å². The molecule has 1 aromatic rings. The summed E-state index contributed by atoms with van der Waals surface area (Å²) in [5.41, 5.74) is 0. The lowest BCUT2D eigenvalue weighted by Crippen LogP contribution is -2.44. The molecular weight excluding hydrogens is 300 g/mol. The van der Waals surface area contributed by atoms with Crippen molar-refractivity contribution in [3.05, 3.63) is 24.3 Å². The number of carbonyl (C=O) groups excluding carboxylic acids is 1. The SMILES string of the molecule is CO[Si](C)(C)c1ccccc1OC(=O)C(C)Br. The van der Waals surface area contributed by atoms with E-state index in [9.17, 15) is 4.79 Å². The molecule has 0 spiro atoms. The molecule has 0 amide bonds. The largest absolute Gasteiger partial charge is 0.426 e. The molecule has 0 saturated carbocycles. The van der Waals surface area contributed by atoms with Crippen molar-refractivity contribution in [1.82, 2.24) is 0 Å². The fraction of sp³-hybridized carbons (Fsp3) is 0.417. The number of halogens is 1. The van der Waals surface area contributed by atoms with Crippen molar-refractivity contribution in [3.63, 3.8) is 0 Å². The summed E-state index contributed by atoms with van der Waals surface area (Å²) < 4.78 is 10.9. The van der Waals surface area contributed by atoms with Crippen LogP contribution in [-0.2, 0) is 9.22 Å². The fourth-order valence-corrected chi connectivity index (χ4v) is 2.89. The lowest BCUT2D eigenvalue weighted by molar-refractivity contribution is -0.133. The number of hydrogen-bond donors (Lipinski definition) is 0. The summed E-state index contributed by atoms with van der Waals surface area (Å²) in [5.74, 6) is 0.306. The number of benzene rings is 1. The minimum atomic E-state index is -1.99. The van der Waals surface area contributed by atoms with Crippen LogP contribution in [0.1, 0.15) is 6.92 Å². The maximum absolute atomic E-state index is 11.6. The van der Waals surface area contributed by atoms with E-state index < -0.39 is 8.32 Å². The Balaban J connectivity index is 3.05. The Labute approximate surface area is 111 Å². The van der Waals surface area contributed by atoms with Gasteiger partial charge in [-0.2, -0.15) is 0 Å². The van der Waals surface area contributed by atoms with Crippen molar-refractivity contribution in [3.8, 4) is 5.75 Å². The van der Waals surface area contributed by atoms with Crippen LogP contribution in [-0.4, -0.2) is 26.2 Å². The molecule has 0 aromatic heterocycles. The zero-order chi connectivity index (χ0) is 13.1. The minimum Gasteiger partial charge on any atom is -0.426 e. The molecule has 1 aromatic carbocycles. The van der Waals surface area contributed by atoms with E-state index in [1.807, 2.05) is 18.2 Å². The smallest absolute Gasteiger partial charge is 0.324 e. The number of rotatable bonds is 4. The second kappa shape index (κ2) is 5.80. The number of esters is 1. The van der Waals surface area contributed by atoms with Gasteiger partial charge in [-0.1, -0.05) is 34.1 Å². The quantitative estimate of drug-likeness (QED) is 0.370. The normalized spacial score (nSPS) is 13.2. The van der Waals surface area contributed by atoms with Gasteiger partial charge in [-0.25, -0.2) is 0 Å². The standard InChI is InChI=1S/C12H17BrO3Si/c1-9(13)12(14)16-10-7-5-6-8-11(10)17(3,4)15-2/h5-9H,1-4H3. The van der Waals surface area contributed by atoms with Crippen LogP contribution in [0, 0.1) is 0 Å². The molecule has 0 radical (unpaired) electrons. The van der Waals surface area contributed by atoms with E-state index in [4.69, 9.17) is 9.16 Å². The molecule has 0 aliphatic rings. The summed E-state index contributed by atoms with van der Waals surface area (Å²) in [4.78, 5) is 11.3. The van der Waals surface area contributed by atoms with E-state index in [0.29, 0.717) is 5.75 Å². The highest BCUT2D eigenvalue weighted by Gasteiger charge is 2.28. The molecule has 17 heavy (non-hydrogen) atoms. The van der Waals surface area contributed by atoms with Gasteiger partial charge in [0.2, 0.25) is 8.32 Å². The molecule has 0 fully saturated rings. The number of alkyl halides is 1. The monoisotopic (exact) mass is 316 g/mol. The third-order valence-electron chi connectivity index (χ3n) is 2.58. The molecule has 0 aliphatic carbocycles. The Morgan fingerprint density at radius 3 is 2.47 bits per heavy atom. The van der Waals surface area contributed by atoms with Gasteiger partial charge in [0.25, 0.3) is 0 Å². The predicted molar refractivity (Wildman–Crippen MR) is 74.6 cm³/mol. The zero-order valence-electron chi connectivity index (χ0n) is 10.5. The summed E-state index contributed by atoms with van der Waals surface area (Å²) in [6, 6.07) is 7.54. The number of hydrogen-bond acceptors (Lipinski definition) is 3. The molecule has 1 unspecified atom stereocenters. The topological polar surface area (TPSA) is 35.5 Å². The minimum absolute atomic E-state index is 0.293. The summed E-state index contributed by atoms with van der Waals surface area (Å²) >= 11 is 3.19. The molecule has 0 heterocycles. The Hall–Kier alpha value is -0.653. The molecule has 3 nitrogen and oxygen atoms in total. The Kier molecular flexibility index (Phi) is 4.91. The first-order valence-electron chi connectivity index (χ1n) is 5.39. The van der Waals surface area contributed by atoms with Gasteiger partial charge in [-0.3, -0.25) is 4.79 Å². The van der Waals surface area contributed by atoms with Gasteiger partial charge in [0.1, 0.15) is 10.6 Å². The van der Waals surface area contributed by atoms with Crippen LogP contribution in [0.15, 0.2) is 24.3 Å². The summed E-state index contributed by atoms with van der Waals surface area (Å²) in [5, 5.41) is 0.990. The van der Waals surface area contributed by atoms with E-state index in [-0.39, 0.29) is 10.8 Å². The molecule has 0 aliphatic heterocycles. The van der Waals surface area contributed by atoms with E-state index in [1.165, 1.54) is 0 Å². The fourth-order valence-electron chi connectivity index (χ4n) is 1.35.